The zero-order valence-corrected chi connectivity index (χ0v) is 14.0. The van der Waals surface area contributed by atoms with E-state index in [4.69, 9.17) is 16.3 Å². The molecule has 1 aromatic heterocycles. The monoisotopic (exact) mass is 421 g/mol. The topological polar surface area (TPSA) is 22.1 Å². The number of halogens is 4. The summed E-state index contributed by atoms with van der Waals surface area (Å²) in [5, 5.41) is 0.252. The zero-order valence-electron chi connectivity index (χ0n) is 11.1. The normalized spacial score (nSPS) is 10.5. The first-order valence-electron chi connectivity index (χ1n) is 5.97. The van der Waals surface area contributed by atoms with Gasteiger partial charge in [0.1, 0.15) is 17.5 Å². The molecular formula is C15H11ClF2INO. The summed E-state index contributed by atoms with van der Waals surface area (Å²) >= 11 is 8.00. The second-order valence-electron chi connectivity index (χ2n) is 4.48. The number of aromatic nitrogens is 1. The van der Waals surface area contributed by atoms with Crippen LogP contribution in [-0.2, 0) is 0 Å². The minimum atomic E-state index is -0.949. The maximum absolute atomic E-state index is 13.4. The van der Waals surface area contributed by atoms with E-state index in [0.29, 0.717) is 23.6 Å². The van der Waals surface area contributed by atoms with Gasteiger partial charge in [0.2, 0.25) is 0 Å². The lowest BCUT2D eigenvalue weighted by Gasteiger charge is -2.13. The second kappa shape index (κ2) is 6.70. The lowest BCUT2D eigenvalue weighted by atomic mass is 10.1. The molecule has 21 heavy (non-hydrogen) atoms. The van der Waals surface area contributed by atoms with E-state index >= 15 is 0 Å². The van der Waals surface area contributed by atoms with E-state index in [1.807, 2.05) is 6.92 Å². The second-order valence-corrected chi connectivity index (χ2v) is 6.03. The third-order valence-electron chi connectivity index (χ3n) is 2.55. The van der Waals surface area contributed by atoms with Crippen LogP contribution in [0, 0.1) is 15.2 Å². The number of pyridine rings is 1. The van der Waals surface area contributed by atoms with Gasteiger partial charge in [0.25, 0.3) is 0 Å². The first-order valence-corrected chi connectivity index (χ1v) is 7.43. The van der Waals surface area contributed by atoms with Crippen molar-refractivity contribution in [2.45, 2.75) is 6.92 Å². The van der Waals surface area contributed by atoms with Crippen molar-refractivity contribution in [1.82, 2.24) is 4.98 Å². The summed E-state index contributed by atoms with van der Waals surface area (Å²) in [6.45, 7) is 5.89. The largest absolute Gasteiger partial charge is 0.486 e. The van der Waals surface area contributed by atoms with Gasteiger partial charge >= 0.3 is 0 Å². The van der Waals surface area contributed by atoms with Crippen LogP contribution in [-0.4, -0.2) is 11.6 Å². The van der Waals surface area contributed by atoms with Crippen molar-refractivity contribution in [3.8, 4) is 17.0 Å². The number of nitrogens with zero attached hydrogens (tertiary/aromatic N) is 1. The van der Waals surface area contributed by atoms with Gasteiger partial charge in [-0.05, 0) is 59.4 Å². The fraction of sp³-hybridized carbons (Fsp3) is 0.133. The molecule has 0 fully saturated rings. The average molecular weight is 422 g/mol. The van der Waals surface area contributed by atoms with Crippen molar-refractivity contribution in [2.75, 3.05) is 6.61 Å². The SMILES string of the molecule is C=C(C)COc1c(I)cc(Cl)nc1-c1ccc(F)c(F)c1. The number of hydrogen-bond donors (Lipinski definition) is 0. The molecule has 1 heterocycles. The third kappa shape index (κ3) is 3.91. The van der Waals surface area contributed by atoms with E-state index in [1.165, 1.54) is 6.07 Å². The summed E-state index contributed by atoms with van der Waals surface area (Å²) in [6.07, 6.45) is 0. The van der Waals surface area contributed by atoms with Gasteiger partial charge in [0.15, 0.2) is 17.4 Å². The van der Waals surface area contributed by atoms with E-state index in [1.54, 1.807) is 6.07 Å². The van der Waals surface area contributed by atoms with Crippen LogP contribution < -0.4 is 4.74 Å². The van der Waals surface area contributed by atoms with Crippen LogP contribution in [0.1, 0.15) is 6.92 Å². The van der Waals surface area contributed by atoms with Gasteiger partial charge in [-0.25, -0.2) is 13.8 Å². The van der Waals surface area contributed by atoms with E-state index in [-0.39, 0.29) is 5.15 Å². The van der Waals surface area contributed by atoms with Crippen LogP contribution in [0.5, 0.6) is 5.75 Å². The smallest absolute Gasteiger partial charge is 0.159 e. The predicted molar refractivity (Wildman–Crippen MR) is 87.6 cm³/mol. The number of benzene rings is 1. The van der Waals surface area contributed by atoms with Gasteiger partial charge in [0.05, 0.1) is 3.57 Å². The van der Waals surface area contributed by atoms with Crippen molar-refractivity contribution < 1.29 is 13.5 Å². The molecule has 0 saturated carbocycles. The molecule has 0 aliphatic rings. The molecule has 0 N–H and O–H groups in total. The van der Waals surface area contributed by atoms with Gasteiger partial charge in [-0.1, -0.05) is 18.2 Å². The van der Waals surface area contributed by atoms with Crippen LogP contribution in [0.4, 0.5) is 8.78 Å². The lowest BCUT2D eigenvalue weighted by Crippen LogP contribution is -2.03. The molecular weight excluding hydrogens is 411 g/mol. The Labute approximate surface area is 139 Å². The molecule has 0 spiro atoms. The molecule has 0 atom stereocenters. The van der Waals surface area contributed by atoms with Crippen LogP contribution in [0.25, 0.3) is 11.3 Å². The van der Waals surface area contributed by atoms with Crippen LogP contribution in [0.15, 0.2) is 36.4 Å². The Kier molecular flexibility index (Phi) is 5.16. The Hall–Kier alpha value is -1.21. The Morgan fingerprint density at radius 2 is 2.05 bits per heavy atom. The molecule has 0 unspecified atom stereocenters. The van der Waals surface area contributed by atoms with Crippen molar-refractivity contribution in [1.29, 1.82) is 0 Å². The Morgan fingerprint density at radius 3 is 2.67 bits per heavy atom. The molecule has 2 nitrogen and oxygen atoms in total. The molecule has 2 rings (SSSR count). The molecule has 0 bridgehead atoms. The molecule has 1 aromatic carbocycles. The highest BCUT2D eigenvalue weighted by Crippen LogP contribution is 2.35. The molecule has 0 radical (unpaired) electrons. The quantitative estimate of drug-likeness (QED) is 0.383. The minimum Gasteiger partial charge on any atom is -0.486 e. The van der Waals surface area contributed by atoms with Crippen molar-refractivity contribution in [3.05, 3.63) is 56.8 Å². The minimum absolute atomic E-state index is 0.252. The van der Waals surface area contributed by atoms with Gasteiger partial charge in [-0.2, -0.15) is 0 Å². The third-order valence-corrected chi connectivity index (χ3v) is 3.55. The van der Waals surface area contributed by atoms with Crippen LogP contribution in [0.2, 0.25) is 5.15 Å². The molecule has 0 aliphatic carbocycles. The standard InChI is InChI=1S/C15H11ClF2INO/c1-8(2)7-21-15-12(19)6-13(16)20-14(15)9-3-4-10(17)11(18)5-9/h3-6H,1,7H2,2H3. The fourth-order valence-electron chi connectivity index (χ4n) is 1.64. The Morgan fingerprint density at radius 1 is 1.33 bits per heavy atom. The van der Waals surface area contributed by atoms with E-state index in [2.05, 4.69) is 34.2 Å². The molecule has 110 valence electrons. The highest BCUT2D eigenvalue weighted by atomic mass is 127. The first kappa shape index (κ1) is 16.2. The summed E-state index contributed by atoms with van der Waals surface area (Å²) in [4.78, 5) is 4.17. The number of hydrogen-bond acceptors (Lipinski definition) is 2. The van der Waals surface area contributed by atoms with Crippen molar-refractivity contribution in [2.24, 2.45) is 0 Å². The van der Waals surface area contributed by atoms with E-state index in [9.17, 15) is 8.78 Å². The summed E-state index contributed by atoms with van der Waals surface area (Å²) in [5.41, 5.74) is 1.59. The summed E-state index contributed by atoms with van der Waals surface area (Å²) in [7, 11) is 0. The van der Waals surface area contributed by atoms with Crippen molar-refractivity contribution >= 4 is 34.2 Å². The summed E-state index contributed by atoms with van der Waals surface area (Å²) < 4.78 is 32.9. The Balaban J connectivity index is 2.54. The summed E-state index contributed by atoms with van der Waals surface area (Å²) in [5.74, 6) is -1.40. The molecule has 0 saturated heterocycles. The van der Waals surface area contributed by atoms with Gasteiger partial charge < -0.3 is 4.74 Å². The summed E-state index contributed by atoms with van der Waals surface area (Å²) in [6, 6.07) is 5.18. The highest BCUT2D eigenvalue weighted by molar-refractivity contribution is 14.1. The van der Waals surface area contributed by atoms with E-state index < -0.39 is 11.6 Å². The van der Waals surface area contributed by atoms with Crippen LogP contribution >= 0.6 is 34.2 Å². The maximum Gasteiger partial charge on any atom is 0.159 e. The Bertz CT molecular complexity index is 706. The van der Waals surface area contributed by atoms with Gasteiger partial charge in [-0.15, -0.1) is 0 Å². The predicted octanol–water partition coefficient (Wildman–Crippen LogP) is 5.24. The number of rotatable bonds is 4. The van der Waals surface area contributed by atoms with E-state index in [0.717, 1.165) is 21.3 Å². The fourth-order valence-corrected chi connectivity index (χ4v) is 2.73. The molecule has 2 aromatic rings. The maximum atomic E-state index is 13.4. The van der Waals surface area contributed by atoms with Crippen molar-refractivity contribution in [3.63, 3.8) is 0 Å². The van der Waals surface area contributed by atoms with Gasteiger partial charge in [-0.3, -0.25) is 0 Å². The highest BCUT2D eigenvalue weighted by Gasteiger charge is 2.16. The zero-order chi connectivity index (χ0) is 15.6. The first-order chi connectivity index (χ1) is 9.88. The molecule has 0 aliphatic heterocycles. The molecule has 0 amide bonds. The average Bonchev–Trinajstić information content (AvgIpc) is 2.40. The number of ether oxygens (including phenoxy) is 1. The van der Waals surface area contributed by atoms with Gasteiger partial charge in [0, 0.05) is 5.56 Å². The van der Waals surface area contributed by atoms with Crippen LogP contribution in [0.3, 0.4) is 0 Å². The lowest BCUT2D eigenvalue weighted by molar-refractivity contribution is 0.350. The molecule has 6 heteroatoms.